The molecule has 0 atom stereocenters. The zero-order valence-corrected chi connectivity index (χ0v) is 18.5. The van der Waals surface area contributed by atoms with Crippen LogP contribution in [0.4, 0.5) is 5.95 Å². The van der Waals surface area contributed by atoms with Crippen LogP contribution in [0.3, 0.4) is 0 Å². The molecular weight excluding hydrogens is 344 g/mol. The minimum absolute atomic E-state index is 0.524. The summed E-state index contributed by atoms with van der Waals surface area (Å²) in [5.74, 6) is 1.63. The molecule has 0 amide bonds. The summed E-state index contributed by atoms with van der Waals surface area (Å²) >= 11 is 0. The van der Waals surface area contributed by atoms with Crippen molar-refractivity contribution in [3.8, 4) is 0 Å². The molecule has 0 aromatic carbocycles. The van der Waals surface area contributed by atoms with Gasteiger partial charge >= 0.3 is 0 Å². The topological polar surface area (TPSA) is 50.2 Å². The molecule has 0 saturated heterocycles. The Morgan fingerprint density at radius 3 is 2.50 bits per heavy atom. The van der Waals surface area contributed by atoms with Gasteiger partial charge in [0, 0.05) is 31.1 Å². The number of nitrogens with one attached hydrogen (secondary N) is 1. The minimum Gasteiger partial charge on any atom is -0.351 e. The number of anilines is 1. The van der Waals surface area contributed by atoms with Crippen molar-refractivity contribution in [1.29, 1.82) is 0 Å². The van der Waals surface area contributed by atoms with Crippen molar-refractivity contribution in [3.05, 3.63) is 23.5 Å². The Morgan fingerprint density at radius 1 is 1.14 bits per heavy atom. The maximum atomic E-state index is 4.87. The monoisotopic (exact) mass is 384 g/mol. The molecule has 0 radical (unpaired) electrons. The molecule has 2 aliphatic carbocycles. The minimum atomic E-state index is 0.524. The van der Waals surface area contributed by atoms with Gasteiger partial charge < -0.3 is 5.32 Å². The largest absolute Gasteiger partial charge is 0.351 e. The van der Waals surface area contributed by atoms with Crippen LogP contribution in [0.5, 0.6) is 0 Å². The summed E-state index contributed by atoms with van der Waals surface area (Å²) < 4.78 is 0. The van der Waals surface area contributed by atoms with E-state index in [9.17, 15) is 0 Å². The highest BCUT2D eigenvalue weighted by Gasteiger charge is 2.21. The Morgan fingerprint density at radius 2 is 1.89 bits per heavy atom. The lowest BCUT2D eigenvalue weighted by molar-refractivity contribution is 0.311. The molecule has 2 saturated carbocycles. The summed E-state index contributed by atoms with van der Waals surface area (Å²) in [6.45, 7) is 6.26. The normalized spacial score (nSPS) is 18.9. The van der Waals surface area contributed by atoms with Crippen molar-refractivity contribution in [3.63, 3.8) is 0 Å². The molecule has 1 N–H and O–H groups in total. The fourth-order valence-electron chi connectivity index (χ4n) is 4.17. The molecule has 4 nitrogen and oxygen atoms in total. The fourth-order valence-corrected chi connectivity index (χ4v) is 4.17. The molecular formula is C24H40N4. The van der Waals surface area contributed by atoms with Crippen LogP contribution < -0.4 is 5.32 Å². The van der Waals surface area contributed by atoms with Crippen LogP contribution in [0, 0.1) is 5.92 Å². The Kier molecular flexibility index (Phi) is 10.2. The Labute approximate surface area is 172 Å². The van der Waals surface area contributed by atoms with Crippen molar-refractivity contribution >= 4 is 17.7 Å². The third-order valence-corrected chi connectivity index (χ3v) is 5.82. The predicted molar refractivity (Wildman–Crippen MR) is 122 cm³/mol. The van der Waals surface area contributed by atoms with Gasteiger partial charge in [-0.3, -0.25) is 4.99 Å². The van der Waals surface area contributed by atoms with E-state index in [2.05, 4.69) is 22.2 Å². The first-order valence-corrected chi connectivity index (χ1v) is 11.5. The molecule has 1 heterocycles. The Hall–Kier alpha value is -1.71. The molecule has 4 heteroatoms. The lowest BCUT2D eigenvalue weighted by Crippen LogP contribution is -2.23. The van der Waals surface area contributed by atoms with E-state index in [-0.39, 0.29) is 0 Å². The van der Waals surface area contributed by atoms with Gasteiger partial charge in [-0.15, -0.1) is 0 Å². The molecule has 0 unspecified atom stereocenters. The van der Waals surface area contributed by atoms with Crippen LogP contribution in [0.15, 0.2) is 22.8 Å². The zero-order chi connectivity index (χ0) is 20.2. The Balaban J connectivity index is 0.00000136. The van der Waals surface area contributed by atoms with E-state index in [1.165, 1.54) is 75.4 Å². The third-order valence-electron chi connectivity index (χ3n) is 5.82. The quantitative estimate of drug-likeness (QED) is 0.508. The molecule has 0 bridgehead atoms. The average Bonchev–Trinajstić information content (AvgIpc) is 2.71. The molecule has 3 rings (SSSR count). The highest BCUT2D eigenvalue weighted by atomic mass is 15.1. The lowest BCUT2D eigenvalue weighted by Gasteiger charge is -2.27. The molecule has 1 aromatic rings. The molecule has 0 spiro atoms. The first kappa shape index (κ1) is 22.6. The number of aliphatic imine (C=N–C) groups is 1. The first-order chi connectivity index (χ1) is 13.8. The van der Waals surface area contributed by atoms with Gasteiger partial charge in [-0.1, -0.05) is 71.3 Å². The molecule has 1 aromatic heterocycles. The standard InChI is InChI=1S/C22H34N4.C2H6/c1-3-8-18(15-17-9-7-10-17)20(16-23-2)21-13-14-24-22(26-21)25-19-11-5-4-6-12-19;1-2/h13-14,16-17,19H,3-12,15H2,1-2H3,(H,24,25,26);1-2H3/b20-18-,23-16?;. The van der Waals surface area contributed by atoms with Gasteiger partial charge in [0.25, 0.3) is 0 Å². The highest BCUT2D eigenvalue weighted by Crippen LogP contribution is 2.35. The number of aromatic nitrogens is 2. The average molecular weight is 385 g/mol. The van der Waals surface area contributed by atoms with Gasteiger partial charge in [0.05, 0.1) is 5.69 Å². The van der Waals surface area contributed by atoms with Crippen molar-refractivity contribution in [2.24, 2.45) is 10.9 Å². The van der Waals surface area contributed by atoms with Crippen LogP contribution in [0.1, 0.15) is 97.1 Å². The Bertz CT molecular complexity index is 625. The zero-order valence-electron chi connectivity index (χ0n) is 18.5. The van der Waals surface area contributed by atoms with Gasteiger partial charge in [-0.25, -0.2) is 9.97 Å². The van der Waals surface area contributed by atoms with Gasteiger partial charge in [0.2, 0.25) is 5.95 Å². The van der Waals surface area contributed by atoms with Crippen LogP contribution in [-0.2, 0) is 0 Å². The third kappa shape index (κ3) is 6.72. The predicted octanol–water partition coefficient (Wildman–Crippen LogP) is 6.69. The fraction of sp³-hybridized carbons (Fsp3) is 0.708. The number of allylic oxidation sites excluding steroid dienone is 2. The summed E-state index contributed by atoms with van der Waals surface area (Å²) in [5, 5.41) is 3.56. The van der Waals surface area contributed by atoms with E-state index in [0.717, 1.165) is 24.0 Å². The summed E-state index contributed by atoms with van der Waals surface area (Å²) in [6, 6.07) is 2.57. The number of hydrogen-bond donors (Lipinski definition) is 1. The van der Waals surface area contributed by atoms with Crippen molar-refractivity contribution in [1.82, 2.24) is 9.97 Å². The van der Waals surface area contributed by atoms with Crippen LogP contribution in [0.2, 0.25) is 0 Å². The van der Waals surface area contributed by atoms with E-state index in [1.54, 1.807) is 0 Å². The SMILES string of the molecule is CC.CCC/C(CC1CCC1)=C(\C=NC)c1ccnc(NC2CCCCC2)n1. The van der Waals surface area contributed by atoms with E-state index in [1.807, 2.05) is 39.4 Å². The molecule has 0 aliphatic heterocycles. The number of nitrogens with zero attached hydrogens (tertiary/aromatic N) is 3. The molecule has 2 fully saturated rings. The van der Waals surface area contributed by atoms with E-state index in [4.69, 9.17) is 4.98 Å². The van der Waals surface area contributed by atoms with E-state index < -0.39 is 0 Å². The maximum Gasteiger partial charge on any atom is 0.223 e. The van der Waals surface area contributed by atoms with Crippen molar-refractivity contribution < 1.29 is 0 Å². The van der Waals surface area contributed by atoms with Gasteiger partial charge in [-0.05, 0) is 37.7 Å². The second-order valence-electron chi connectivity index (χ2n) is 7.90. The summed E-state index contributed by atoms with van der Waals surface area (Å²) in [4.78, 5) is 13.7. The molecule has 28 heavy (non-hydrogen) atoms. The summed E-state index contributed by atoms with van der Waals surface area (Å²) in [6.07, 6.45) is 18.0. The van der Waals surface area contributed by atoms with Gasteiger partial charge in [0.15, 0.2) is 0 Å². The first-order valence-electron chi connectivity index (χ1n) is 11.5. The second kappa shape index (κ2) is 12.7. The summed E-state index contributed by atoms with van der Waals surface area (Å²) in [7, 11) is 1.86. The van der Waals surface area contributed by atoms with Gasteiger partial charge in [0.1, 0.15) is 0 Å². The van der Waals surface area contributed by atoms with Crippen LogP contribution in [-0.4, -0.2) is 29.3 Å². The van der Waals surface area contributed by atoms with E-state index in [0.29, 0.717) is 6.04 Å². The summed E-state index contributed by atoms with van der Waals surface area (Å²) in [5.41, 5.74) is 3.76. The van der Waals surface area contributed by atoms with E-state index >= 15 is 0 Å². The van der Waals surface area contributed by atoms with Crippen LogP contribution in [0.25, 0.3) is 5.57 Å². The number of rotatable bonds is 8. The molecule has 2 aliphatic rings. The maximum absolute atomic E-state index is 4.87. The smallest absolute Gasteiger partial charge is 0.223 e. The highest BCUT2D eigenvalue weighted by molar-refractivity contribution is 6.10. The van der Waals surface area contributed by atoms with Crippen molar-refractivity contribution in [2.45, 2.75) is 97.4 Å². The second-order valence-corrected chi connectivity index (χ2v) is 7.90. The number of hydrogen-bond acceptors (Lipinski definition) is 4. The lowest BCUT2D eigenvalue weighted by atomic mass is 9.79. The van der Waals surface area contributed by atoms with Crippen molar-refractivity contribution in [2.75, 3.05) is 12.4 Å². The van der Waals surface area contributed by atoms with Crippen LogP contribution >= 0.6 is 0 Å². The molecule has 156 valence electrons. The van der Waals surface area contributed by atoms with Gasteiger partial charge in [-0.2, -0.15) is 0 Å².